The molecule has 0 spiro atoms. The Balaban J connectivity index is 1.47. The zero-order valence-electron chi connectivity index (χ0n) is 17.7. The molecule has 3 aromatic rings. The Morgan fingerprint density at radius 1 is 0.970 bits per heavy atom. The molecule has 1 saturated heterocycles. The van der Waals surface area contributed by atoms with Gasteiger partial charge in [0.25, 0.3) is 5.91 Å². The van der Waals surface area contributed by atoms with Crippen molar-refractivity contribution < 1.29 is 14.0 Å². The lowest BCUT2D eigenvalue weighted by molar-refractivity contribution is -0.123. The minimum atomic E-state index is -0.405. The maximum Gasteiger partial charge on any atom is 0.266 e. The Morgan fingerprint density at radius 2 is 1.61 bits per heavy atom. The van der Waals surface area contributed by atoms with Gasteiger partial charge in [-0.2, -0.15) is 0 Å². The smallest absolute Gasteiger partial charge is 0.266 e. The maximum absolute atomic E-state index is 14.0. The van der Waals surface area contributed by atoms with Crippen molar-refractivity contribution in [3.63, 3.8) is 0 Å². The van der Waals surface area contributed by atoms with E-state index in [-0.39, 0.29) is 24.8 Å². The van der Waals surface area contributed by atoms with Gasteiger partial charge >= 0.3 is 0 Å². The fraction of sp³-hybridized carbons (Fsp3) is 0.115. The van der Waals surface area contributed by atoms with Crippen molar-refractivity contribution in [3.8, 4) is 0 Å². The molecule has 1 fully saturated rings. The molecule has 0 aliphatic carbocycles. The van der Waals surface area contributed by atoms with E-state index in [4.69, 9.17) is 12.2 Å². The summed E-state index contributed by atoms with van der Waals surface area (Å²) < 4.78 is 14.4. The highest BCUT2D eigenvalue weighted by molar-refractivity contribution is 8.26. The van der Waals surface area contributed by atoms with Crippen LogP contribution in [0.15, 0.2) is 89.8 Å². The summed E-state index contributed by atoms with van der Waals surface area (Å²) >= 11 is 6.49. The van der Waals surface area contributed by atoms with Crippen molar-refractivity contribution in [1.82, 2.24) is 4.90 Å². The van der Waals surface area contributed by atoms with Crippen LogP contribution in [0, 0.1) is 5.82 Å². The van der Waals surface area contributed by atoms with Crippen LogP contribution in [0.5, 0.6) is 0 Å². The van der Waals surface area contributed by atoms with Crippen LogP contribution in [0.25, 0.3) is 6.08 Å². The molecule has 1 heterocycles. The van der Waals surface area contributed by atoms with Crippen molar-refractivity contribution >= 4 is 51.9 Å². The summed E-state index contributed by atoms with van der Waals surface area (Å²) in [5.41, 5.74) is 2.12. The van der Waals surface area contributed by atoms with Crippen LogP contribution in [0.2, 0.25) is 0 Å². The summed E-state index contributed by atoms with van der Waals surface area (Å²) in [6.45, 7) is 0.589. The highest BCUT2D eigenvalue weighted by atomic mass is 32.2. The molecule has 33 heavy (non-hydrogen) atoms. The zero-order chi connectivity index (χ0) is 23.2. The van der Waals surface area contributed by atoms with Crippen LogP contribution in [0.3, 0.4) is 0 Å². The van der Waals surface area contributed by atoms with Crippen LogP contribution < -0.4 is 4.90 Å². The lowest BCUT2D eigenvalue weighted by Crippen LogP contribution is -2.36. The third-order valence-corrected chi connectivity index (χ3v) is 6.54. The molecule has 0 N–H and O–H groups in total. The van der Waals surface area contributed by atoms with Crippen LogP contribution >= 0.6 is 24.0 Å². The minimum Gasteiger partial charge on any atom is -0.308 e. The predicted octanol–water partition coefficient (Wildman–Crippen LogP) is 5.65. The molecule has 0 atom stereocenters. The first kappa shape index (κ1) is 22.9. The van der Waals surface area contributed by atoms with E-state index in [1.807, 2.05) is 60.7 Å². The summed E-state index contributed by atoms with van der Waals surface area (Å²) in [7, 11) is 0. The van der Waals surface area contributed by atoms with Crippen molar-refractivity contribution in [1.29, 1.82) is 0 Å². The van der Waals surface area contributed by atoms with Gasteiger partial charge in [-0.15, -0.1) is 0 Å². The summed E-state index contributed by atoms with van der Waals surface area (Å²) in [6.07, 6.45) is 1.61. The largest absolute Gasteiger partial charge is 0.308 e. The fourth-order valence-electron chi connectivity index (χ4n) is 3.47. The second-order valence-corrected chi connectivity index (χ2v) is 9.08. The van der Waals surface area contributed by atoms with E-state index < -0.39 is 5.82 Å². The number of amides is 2. The predicted molar refractivity (Wildman–Crippen MR) is 135 cm³/mol. The Morgan fingerprint density at radius 3 is 2.30 bits per heavy atom. The summed E-state index contributed by atoms with van der Waals surface area (Å²) in [5, 5.41) is 0. The number of para-hydroxylation sites is 1. The number of carbonyl (C=O) groups excluding carboxylic acids is 2. The number of hydrogen-bond donors (Lipinski definition) is 0. The van der Waals surface area contributed by atoms with Crippen LogP contribution in [0.4, 0.5) is 10.1 Å². The number of thiocarbonyl (C=S) groups is 1. The van der Waals surface area contributed by atoms with Crippen LogP contribution in [0.1, 0.15) is 17.5 Å². The number of benzene rings is 3. The van der Waals surface area contributed by atoms with Gasteiger partial charge in [0.2, 0.25) is 5.91 Å². The number of hydrogen-bond acceptors (Lipinski definition) is 4. The van der Waals surface area contributed by atoms with E-state index >= 15 is 0 Å². The average Bonchev–Trinajstić information content (AvgIpc) is 3.10. The molecular weight excluding hydrogens is 455 g/mol. The van der Waals surface area contributed by atoms with Crippen molar-refractivity contribution in [2.24, 2.45) is 0 Å². The van der Waals surface area contributed by atoms with Gasteiger partial charge in [0.1, 0.15) is 10.1 Å². The van der Waals surface area contributed by atoms with E-state index in [0.29, 0.717) is 21.3 Å². The number of anilines is 1. The fourth-order valence-corrected chi connectivity index (χ4v) is 4.77. The standard InChI is InChI=1S/C26H21FN2O2S2/c27-22-14-8-7-11-20(22)17-23-25(31)28(26(32)33-23)16-15-24(30)29(21-12-5-2-6-13-21)18-19-9-3-1-4-10-19/h1-14,17H,15-16,18H2/b23-17+. The molecule has 0 unspecified atom stereocenters. The average molecular weight is 477 g/mol. The number of carbonyl (C=O) groups is 2. The molecule has 166 valence electrons. The lowest BCUT2D eigenvalue weighted by atomic mass is 10.1. The Hall–Kier alpha value is -3.29. The SMILES string of the molecule is O=C1/C(=C\c2ccccc2F)SC(=S)N1CCC(=O)N(Cc1ccccc1)c1ccccc1. The normalized spacial score (nSPS) is 14.7. The van der Waals surface area contributed by atoms with E-state index in [1.165, 1.54) is 17.0 Å². The molecule has 0 saturated carbocycles. The topological polar surface area (TPSA) is 40.6 Å². The highest BCUT2D eigenvalue weighted by Gasteiger charge is 2.32. The Bertz CT molecular complexity index is 1200. The third-order valence-electron chi connectivity index (χ3n) is 5.17. The summed E-state index contributed by atoms with van der Waals surface area (Å²) in [6, 6.07) is 25.4. The molecule has 1 aliphatic rings. The lowest BCUT2D eigenvalue weighted by Gasteiger charge is -2.24. The first-order chi connectivity index (χ1) is 16.0. The quantitative estimate of drug-likeness (QED) is 0.326. The third kappa shape index (κ3) is 5.56. The van der Waals surface area contributed by atoms with Crippen LogP contribution in [-0.2, 0) is 16.1 Å². The molecule has 0 bridgehead atoms. The highest BCUT2D eigenvalue weighted by Crippen LogP contribution is 2.33. The van der Waals surface area contributed by atoms with Crippen LogP contribution in [-0.4, -0.2) is 27.6 Å². The zero-order valence-corrected chi connectivity index (χ0v) is 19.3. The van der Waals surface area contributed by atoms with Crippen molar-refractivity contribution in [2.45, 2.75) is 13.0 Å². The second-order valence-electron chi connectivity index (χ2n) is 7.41. The van der Waals surface area contributed by atoms with Gasteiger partial charge in [0.05, 0.1) is 11.4 Å². The van der Waals surface area contributed by atoms with Gasteiger partial charge in [-0.05, 0) is 29.8 Å². The number of nitrogens with zero attached hydrogens (tertiary/aromatic N) is 2. The molecule has 2 amide bonds. The van der Waals surface area contributed by atoms with E-state index in [2.05, 4.69) is 0 Å². The van der Waals surface area contributed by atoms with Gasteiger partial charge in [0, 0.05) is 24.2 Å². The van der Waals surface area contributed by atoms with Gasteiger partial charge in [-0.3, -0.25) is 14.5 Å². The van der Waals surface area contributed by atoms with E-state index in [1.54, 1.807) is 23.1 Å². The summed E-state index contributed by atoms with van der Waals surface area (Å²) in [5.74, 6) is -0.829. The first-order valence-corrected chi connectivity index (χ1v) is 11.6. The number of halogens is 1. The second kappa shape index (κ2) is 10.6. The maximum atomic E-state index is 14.0. The molecule has 1 aliphatic heterocycles. The molecule has 4 rings (SSSR count). The molecule has 3 aromatic carbocycles. The van der Waals surface area contributed by atoms with E-state index in [9.17, 15) is 14.0 Å². The van der Waals surface area contributed by atoms with Gasteiger partial charge in [-0.25, -0.2) is 4.39 Å². The van der Waals surface area contributed by atoms with Crippen molar-refractivity contribution in [2.75, 3.05) is 11.4 Å². The minimum absolute atomic E-state index is 0.112. The molecular formula is C26H21FN2O2S2. The molecule has 7 heteroatoms. The first-order valence-electron chi connectivity index (χ1n) is 10.4. The Labute approximate surface area is 201 Å². The van der Waals surface area contributed by atoms with E-state index in [0.717, 1.165) is 23.0 Å². The van der Waals surface area contributed by atoms with Gasteiger partial charge < -0.3 is 4.90 Å². The van der Waals surface area contributed by atoms with Gasteiger partial charge in [-0.1, -0.05) is 90.7 Å². The van der Waals surface area contributed by atoms with Crippen molar-refractivity contribution in [3.05, 3.63) is 107 Å². The molecule has 0 radical (unpaired) electrons. The monoisotopic (exact) mass is 476 g/mol. The number of thioether (sulfide) groups is 1. The molecule has 4 nitrogen and oxygen atoms in total. The number of rotatable bonds is 7. The van der Waals surface area contributed by atoms with Gasteiger partial charge in [0.15, 0.2) is 0 Å². The summed E-state index contributed by atoms with van der Waals surface area (Å²) in [4.78, 5) is 29.6. The Kier molecular flexibility index (Phi) is 7.32. The molecule has 0 aromatic heterocycles.